The average molecular weight is 321 g/mol. The summed E-state index contributed by atoms with van der Waals surface area (Å²) in [6, 6.07) is 14.1. The first-order valence-corrected chi connectivity index (χ1v) is 9.77. The van der Waals surface area contributed by atoms with Crippen LogP contribution in [0.2, 0.25) is 0 Å². The third-order valence-corrected chi connectivity index (χ3v) is 6.31. The van der Waals surface area contributed by atoms with Crippen molar-refractivity contribution in [3.8, 4) is 11.1 Å². The van der Waals surface area contributed by atoms with Crippen LogP contribution in [-0.4, -0.2) is 0 Å². The van der Waals surface area contributed by atoms with E-state index < -0.39 is 0 Å². The molecule has 2 aromatic rings. The zero-order valence-electron chi connectivity index (χ0n) is 16.1. The summed E-state index contributed by atoms with van der Waals surface area (Å²) in [5, 5.41) is 0. The molecule has 1 aliphatic carbocycles. The highest BCUT2D eigenvalue weighted by Gasteiger charge is 2.46. The normalized spacial score (nSPS) is 19.9. The first kappa shape index (κ1) is 17.3. The second-order valence-corrected chi connectivity index (χ2v) is 7.78. The van der Waals surface area contributed by atoms with Gasteiger partial charge in [-0.3, -0.25) is 0 Å². The van der Waals surface area contributed by atoms with Crippen LogP contribution in [-0.2, 0) is 5.41 Å². The molecule has 0 bridgehead atoms. The van der Waals surface area contributed by atoms with Gasteiger partial charge in [0.15, 0.2) is 0 Å². The topological polar surface area (TPSA) is 0 Å². The number of hydrogen-bond acceptors (Lipinski definition) is 0. The molecule has 0 saturated carbocycles. The number of fused-ring (bicyclic) bond motifs is 3. The number of unbranched alkanes of at least 4 members (excludes halogenated alkanes) is 2. The Morgan fingerprint density at radius 3 is 2.46 bits per heavy atom. The Labute approximate surface area is 148 Å². The van der Waals surface area contributed by atoms with Gasteiger partial charge >= 0.3 is 0 Å². The Kier molecular flexibility index (Phi) is 4.85. The minimum atomic E-state index is 0.201. The van der Waals surface area contributed by atoms with Crippen molar-refractivity contribution in [3.05, 3.63) is 58.7 Å². The molecule has 0 aliphatic heterocycles. The van der Waals surface area contributed by atoms with Crippen LogP contribution in [0.4, 0.5) is 0 Å². The van der Waals surface area contributed by atoms with Gasteiger partial charge in [0.05, 0.1) is 0 Å². The summed E-state index contributed by atoms with van der Waals surface area (Å²) >= 11 is 0. The second-order valence-electron chi connectivity index (χ2n) is 7.78. The molecule has 0 heteroatoms. The van der Waals surface area contributed by atoms with E-state index in [1.54, 1.807) is 11.1 Å². The fourth-order valence-corrected chi connectivity index (χ4v) is 4.84. The molecule has 0 heterocycles. The average Bonchev–Trinajstić information content (AvgIpc) is 2.86. The first-order valence-electron chi connectivity index (χ1n) is 9.77. The first-order chi connectivity index (χ1) is 11.6. The van der Waals surface area contributed by atoms with Crippen LogP contribution < -0.4 is 0 Å². The minimum absolute atomic E-state index is 0.201. The molecular weight excluding hydrogens is 288 g/mol. The highest BCUT2D eigenvalue weighted by Crippen LogP contribution is 2.56. The van der Waals surface area contributed by atoms with Crippen LogP contribution in [0.5, 0.6) is 0 Å². The standard InChI is InChI=1S/C24H32/c1-6-8-9-15-24(19(5)7-2)21-12-10-11-18(4)23(21)20-14-13-17(3)16-22(20)24/h10-14,16,19H,6-9,15H2,1-5H3. The monoisotopic (exact) mass is 320 g/mol. The van der Waals surface area contributed by atoms with Crippen LogP contribution in [0.1, 0.15) is 75.1 Å². The van der Waals surface area contributed by atoms with Gasteiger partial charge in [0, 0.05) is 5.41 Å². The molecule has 0 radical (unpaired) electrons. The Hall–Kier alpha value is -1.56. The van der Waals surface area contributed by atoms with Crippen molar-refractivity contribution >= 4 is 0 Å². The summed E-state index contributed by atoms with van der Waals surface area (Å²) in [6.45, 7) is 11.6. The summed E-state index contributed by atoms with van der Waals surface area (Å²) in [6.07, 6.45) is 6.45. The maximum absolute atomic E-state index is 2.48. The lowest BCUT2D eigenvalue weighted by Gasteiger charge is -2.38. The van der Waals surface area contributed by atoms with Crippen molar-refractivity contribution in [2.24, 2.45) is 5.92 Å². The lowest BCUT2D eigenvalue weighted by Crippen LogP contribution is -2.33. The molecule has 0 N–H and O–H groups in total. The molecule has 3 rings (SSSR count). The maximum atomic E-state index is 2.48. The molecule has 128 valence electrons. The van der Waals surface area contributed by atoms with E-state index in [-0.39, 0.29) is 5.41 Å². The van der Waals surface area contributed by atoms with Gasteiger partial charge in [-0.15, -0.1) is 0 Å². The molecular formula is C24H32. The van der Waals surface area contributed by atoms with Crippen molar-refractivity contribution < 1.29 is 0 Å². The summed E-state index contributed by atoms with van der Waals surface area (Å²) in [7, 11) is 0. The fourth-order valence-electron chi connectivity index (χ4n) is 4.84. The number of rotatable bonds is 6. The lowest BCUT2D eigenvalue weighted by molar-refractivity contribution is 0.310. The van der Waals surface area contributed by atoms with E-state index in [4.69, 9.17) is 0 Å². The van der Waals surface area contributed by atoms with Crippen LogP contribution in [0.3, 0.4) is 0 Å². The Morgan fingerprint density at radius 1 is 0.958 bits per heavy atom. The minimum Gasteiger partial charge on any atom is -0.0654 e. The van der Waals surface area contributed by atoms with Gasteiger partial charge in [0.2, 0.25) is 0 Å². The van der Waals surface area contributed by atoms with E-state index in [9.17, 15) is 0 Å². The van der Waals surface area contributed by atoms with Gasteiger partial charge in [0.25, 0.3) is 0 Å². The van der Waals surface area contributed by atoms with E-state index in [0.717, 1.165) is 0 Å². The molecule has 2 unspecified atom stereocenters. The number of aryl methyl sites for hydroxylation is 2. The third kappa shape index (κ3) is 2.51. The predicted octanol–water partition coefficient (Wildman–Crippen LogP) is 7.20. The summed E-state index contributed by atoms with van der Waals surface area (Å²) < 4.78 is 0. The molecule has 0 spiro atoms. The van der Waals surface area contributed by atoms with Crippen LogP contribution in [0.15, 0.2) is 36.4 Å². The SMILES string of the molecule is CCCCCC1(C(C)CC)c2cc(C)ccc2-c2c(C)cccc21. The van der Waals surface area contributed by atoms with Crippen molar-refractivity contribution in [3.63, 3.8) is 0 Å². The van der Waals surface area contributed by atoms with Gasteiger partial charge in [0.1, 0.15) is 0 Å². The van der Waals surface area contributed by atoms with Crippen LogP contribution in [0.25, 0.3) is 11.1 Å². The maximum Gasteiger partial charge on any atom is 0.0240 e. The highest BCUT2D eigenvalue weighted by molar-refractivity contribution is 5.83. The van der Waals surface area contributed by atoms with E-state index >= 15 is 0 Å². The zero-order chi connectivity index (χ0) is 17.3. The summed E-state index contributed by atoms with van der Waals surface area (Å²) in [4.78, 5) is 0. The molecule has 24 heavy (non-hydrogen) atoms. The van der Waals surface area contributed by atoms with Crippen LogP contribution >= 0.6 is 0 Å². The molecule has 0 fully saturated rings. The molecule has 0 nitrogen and oxygen atoms in total. The lowest BCUT2D eigenvalue weighted by atomic mass is 9.65. The van der Waals surface area contributed by atoms with Gasteiger partial charge in [-0.05, 0) is 54.0 Å². The third-order valence-electron chi connectivity index (χ3n) is 6.31. The zero-order valence-corrected chi connectivity index (χ0v) is 16.1. The van der Waals surface area contributed by atoms with E-state index in [1.165, 1.54) is 54.4 Å². The van der Waals surface area contributed by atoms with Crippen LogP contribution in [0, 0.1) is 19.8 Å². The van der Waals surface area contributed by atoms with Crippen molar-refractivity contribution in [2.75, 3.05) is 0 Å². The molecule has 2 aromatic carbocycles. The van der Waals surface area contributed by atoms with Gasteiger partial charge in [-0.25, -0.2) is 0 Å². The smallest absolute Gasteiger partial charge is 0.0240 e. The Bertz CT molecular complexity index is 725. The summed E-state index contributed by atoms with van der Waals surface area (Å²) in [5.74, 6) is 0.665. The van der Waals surface area contributed by atoms with Crippen molar-refractivity contribution in [2.45, 2.75) is 72.1 Å². The largest absolute Gasteiger partial charge is 0.0654 e. The number of benzene rings is 2. The number of hydrogen-bond donors (Lipinski definition) is 0. The van der Waals surface area contributed by atoms with Crippen molar-refractivity contribution in [1.82, 2.24) is 0 Å². The molecule has 0 aromatic heterocycles. The molecule has 0 amide bonds. The molecule has 0 saturated heterocycles. The Morgan fingerprint density at radius 2 is 1.75 bits per heavy atom. The van der Waals surface area contributed by atoms with Gasteiger partial charge in [-0.1, -0.05) is 88.4 Å². The molecule has 2 atom stereocenters. The second kappa shape index (κ2) is 6.75. The van der Waals surface area contributed by atoms with Gasteiger partial charge < -0.3 is 0 Å². The van der Waals surface area contributed by atoms with Crippen molar-refractivity contribution in [1.29, 1.82) is 0 Å². The molecule has 1 aliphatic rings. The van der Waals surface area contributed by atoms with Gasteiger partial charge in [-0.2, -0.15) is 0 Å². The van der Waals surface area contributed by atoms with E-state index in [0.29, 0.717) is 5.92 Å². The predicted molar refractivity (Wildman–Crippen MR) is 106 cm³/mol. The highest BCUT2D eigenvalue weighted by atomic mass is 14.5. The Balaban J connectivity index is 2.27. The summed E-state index contributed by atoms with van der Waals surface area (Å²) in [5.41, 5.74) is 9.22. The fraction of sp³-hybridized carbons (Fsp3) is 0.500. The van der Waals surface area contributed by atoms with E-state index in [1.807, 2.05) is 0 Å². The quantitative estimate of drug-likeness (QED) is 0.494. The van der Waals surface area contributed by atoms with E-state index in [2.05, 4.69) is 71.0 Å².